The van der Waals surface area contributed by atoms with E-state index in [0.29, 0.717) is 12.1 Å². The zero-order valence-electron chi connectivity index (χ0n) is 9.45. The molecule has 0 aromatic heterocycles. The second kappa shape index (κ2) is 3.80. The van der Waals surface area contributed by atoms with Gasteiger partial charge in [0.15, 0.2) is 0 Å². The molecule has 2 rings (SSSR count). The molecule has 0 spiro atoms. The number of rotatable bonds is 2. The molecule has 0 saturated heterocycles. The van der Waals surface area contributed by atoms with Crippen molar-refractivity contribution in [1.29, 1.82) is 5.26 Å². The highest BCUT2D eigenvalue weighted by molar-refractivity contribution is 5.51. The molecule has 0 amide bonds. The summed E-state index contributed by atoms with van der Waals surface area (Å²) < 4.78 is 0. The molecule has 0 radical (unpaired) electrons. The van der Waals surface area contributed by atoms with Gasteiger partial charge in [0.05, 0.1) is 5.56 Å². The summed E-state index contributed by atoms with van der Waals surface area (Å²) in [6.07, 6.45) is 3.36. The van der Waals surface area contributed by atoms with Gasteiger partial charge in [-0.15, -0.1) is 0 Å². The van der Waals surface area contributed by atoms with Crippen molar-refractivity contribution < 1.29 is 5.11 Å². The zero-order chi connectivity index (χ0) is 11.8. The van der Waals surface area contributed by atoms with Crippen LogP contribution in [0.2, 0.25) is 0 Å². The van der Waals surface area contributed by atoms with Crippen LogP contribution >= 0.6 is 0 Å². The van der Waals surface area contributed by atoms with E-state index in [1.165, 1.54) is 6.42 Å². The van der Waals surface area contributed by atoms with Crippen molar-refractivity contribution in [2.45, 2.75) is 31.6 Å². The van der Waals surface area contributed by atoms with Crippen molar-refractivity contribution in [3.8, 4) is 11.8 Å². The summed E-state index contributed by atoms with van der Waals surface area (Å²) in [4.78, 5) is 0. The summed E-state index contributed by atoms with van der Waals surface area (Å²) in [5.41, 5.74) is 8.10. The van der Waals surface area contributed by atoms with Crippen LogP contribution in [0.25, 0.3) is 0 Å². The van der Waals surface area contributed by atoms with Gasteiger partial charge in [-0.05, 0) is 37.0 Å². The van der Waals surface area contributed by atoms with Crippen molar-refractivity contribution >= 4 is 0 Å². The van der Waals surface area contributed by atoms with Gasteiger partial charge in [-0.2, -0.15) is 5.26 Å². The van der Waals surface area contributed by atoms with E-state index in [9.17, 15) is 5.11 Å². The van der Waals surface area contributed by atoms with Crippen molar-refractivity contribution in [2.24, 2.45) is 5.73 Å². The zero-order valence-corrected chi connectivity index (χ0v) is 9.45. The van der Waals surface area contributed by atoms with Crippen LogP contribution in [0.4, 0.5) is 0 Å². The minimum atomic E-state index is 0.0457. The standard InChI is InChI=1S/C13H16N2O/c1-9-5-11(6-10(7-14)12(9)16)13(8-15)3-2-4-13/h5-6,16H,2-4,8,15H2,1H3. The number of aryl methyl sites for hydroxylation is 1. The van der Waals surface area contributed by atoms with Gasteiger partial charge < -0.3 is 10.8 Å². The molecular formula is C13H16N2O. The molecule has 0 heterocycles. The fourth-order valence-electron chi connectivity index (χ4n) is 2.39. The lowest BCUT2D eigenvalue weighted by Gasteiger charge is -2.41. The van der Waals surface area contributed by atoms with Crippen molar-refractivity contribution in [2.75, 3.05) is 6.54 Å². The fraction of sp³-hybridized carbons (Fsp3) is 0.462. The Labute approximate surface area is 95.5 Å². The van der Waals surface area contributed by atoms with E-state index in [1.54, 1.807) is 6.07 Å². The molecule has 0 aliphatic heterocycles. The quantitative estimate of drug-likeness (QED) is 0.793. The minimum absolute atomic E-state index is 0.0457. The average Bonchev–Trinajstić information content (AvgIpc) is 2.22. The van der Waals surface area contributed by atoms with Gasteiger partial charge in [0.25, 0.3) is 0 Å². The first-order valence-electron chi connectivity index (χ1n) is 5.57. The second-order valence-corrected chi connectivity index (χ2v) is 4.64. The van der Waals surface area contributed by atoms with Crippen LogP contribution < -0.4 is 5.73 Å². The Morgan fingerprint density at radius 2 is 2.19 bits per heavy atom. The number of benzene rings is 1. The molecule has 3 heteroatoms. The average molecular weight is 216 g/mol. The number of hydrogen-bond acceptors (Lipinski definition) is 3. The molecule has 1 saturated carbocycles. The monoisotopic (exact) mass is 216 g/mol. The molecule has 16 heavy (non-hydrogen) atoms. The lowest BCUT2D eigenvalue weighted by Crippen LogP contribution is -2.41. The number of nitrogens with zero attached hydrogens (tertiary/aromatic N) is 1. The SMILES string of the molecule is Cc1cc(C2(CN)CCC2)cc(C#N)c1O. The maximum Gasteiger partial charge on any atom is 0.136 e. The summed E-state index contributed by atoms with van der Waals surface area (Å²) in [7, 11) is 0. The largest absolute Gasteiger partial charge is 0.506 e. The Balaban J connectivity index is 2.51. The Bertz CT molecular complexity index is 450. The summed E-state index contributed by atoms with van der Waals surface area (Å²) in [5.74, 6) is 0.0951. The van der Waals surface area contributed by atoms with E-state index in [2.05, 4.69) is 0 Å². The number of nitriles is 1. The van der Waals surface area contributed by atoms with Crippen LogP contribution in [0.5, 0.6) is 5.75 Å². The van der Waals surface area contributed by atoms with Crippen LogP contribution in [-0.2, 0) is 5.41 Å². The third kappa shape index (κ3) is 1.46. The van der Waals surface area contributed by atoms with E-state index in [0.717, 1.165) is 24.0 Å². The number of nitrogens with two attached hydrogens (primary N) is 1. The van der Waals surface area contributed by atoms with Gasteiger partial charge >= 0.3 is 0 Å². The van der Waals surface area contributed by atoms with E-state index in [-0.39, 0.29) is 11.2 Å². The number of hydrogen-bond donors (Lipinski definition) is 2. The van der Waals surface area contributed by atoms with Gasteiger partial charge in [-0.1, -0.05) is 12.5 Å². The first-order valence-corrected chi connectivity index (χ1v) is 5.57. The van der Waals surface area contributed by atoms with Crippen LogP contribution in [-0.4, -0.2) is 11.7 Å². The summed E-state index contributed by atoms with van der Waals surface area (Å²) in [6.45, 7) is 2.44. The van der Waals surface area contributed by atoms with E-state index < -0.39 is 0 Å². The lowest BCUT2D eigenvalue weighted by molar-refractivity contribution is 0.252. The van der Waals surface area contributed by atoms with Crippen LogP contribution in [0, 0.1) is 18.3 Å². The van der Waals surface area contributed by atoms with Gasteiger partial charge in [0, 0.05) is 12.0 Å². The van der Waals surface area contributed by atoms with Gasteiger partial charge in [0.2, 0.25) is 0 Å². The van der Waals surface area contributed by atoms with Crippen LogP contribution in [0.3, 0.4) is 0 Å². The van der Waals surface area contributed by atoms with Crippen molar-refractivity contribution in [3.05, 3.63) is 28.8 Å². The van der Waals surface area contributed by atoms with E-state index in [1.807, 2.05) is 19.1 Å². The predicted molar refractivity (Wildman–Crippen MR) is 62.1 cm³/mol. The molecule has 1 aliphatic carbocycles. The maximum atomic E-state index is 9.70. The summed E-state index contributed by atoms with van der Waals surface area (Å²) in [6, 6.07) is 5.78. The Kier molecular flexibility index (Phi) is 2.61. The Morgan fingerprint density at radius 3 is 2.62 bits per heavy atom. The first kappa shape index (κ1) is 11.0. The smallest absolute Gasteiger partial charge is 0.136 e. The van der Waals surface area contributed by atoms with Crippen molar-refractivity contribution in [1.82, 2.24) is 0 Å². The summed E-state index contributed by atoms with van der Waals surface area (Å²) in [5, 5.41) is 18.7. The molecule has 1 aromatic rings. The molecule has 3 N–H and O–H groups in total. The lowest BCUT2D eigenvalue weighted by atomic mass is 9.64. The second-order valence-electron chi connectivity index (χ2n) is 4.64. The third-order valence-corrected chi connectivity index (χ3v) is 3.73. The van der Waals surface area contributed by atoms with Gasteiger partial charge in [-0.25, -0.2) is 0 Å². The Hall–Kier alpha value is -1.53. The number of phenolic OH excluding ortho intramolecular Hbond substituents is 1. The normalized spacial score (nSPS) is 17.6. The molecule has 3 nitrogen and oxygen atoms in total. The van der Waals surface area contributed by atoms with Crippen LogP contribution in [0.15, 0.2) is 12.1 Å². The first-order chi connectivity index (χ1) is 7.63. The van der Waals surface area contributed by atoms with Crippen molar-refractivity contribution in [3.63, 3.8) is 0 Å². The van der Waals surface area contributed by atoms with Gasteiger partial charge in [0.1, 0.15) is 11.8 Å². The molecule has 0 unspecified atom stereocenters. The predicted octanol–water partition coefficient (Wildman–Crippen LogP) is 1.95. The molecule has 1 aliphatic rings. The highest BCUT2D eigenvalue weighted by atomic mass is 16.3. The minimum Gasteiger partial charge on any atom is -0.506 e. The molecular weight excluding hydrogens is 200 g/mol. The topological polar surface area (TPSA) is 70.0 Å². The Morgan fingerprint density at radius 1 is 1.50 bits per heavy atom. The highest BCUT2D eigenvalue weighted by Gasteiger charge is 2.37. The van der Waals surface area contributed by atoms with E-state index in [4.69, 9.17) is 11.0 Å². The third-order valence-electron chi connectivity index (χ3n) is 3.73. The van der Waals surface area contributed by atoms with Crippen LogP contribution in [0.1, 0.15) is 36.0 Å². The van der Waals surface area contributed by atoms with Gasteiger partial charge in [-0.3, -0.25) is 0 Å². The molecule has 0 bridgehead atoms. The molecule has 1 fully saturated rings. The molecule has 0 atom stereocenters. The fourth-order valence-corrected chi connectivity index (χ4v) is 2.39. The number of aromatic hydroxyl groups is 1. The summed E-state index contributed by atoms with van der Waals surface area (Å²) >= 11 is 0. The molecule has 1 aromatic carbocycles. The maximum absolute atomic E-state index is 9.70. The number of phenols is 1. The van der Waals surface area contributed by atoms with E-state index >= 15 is 0 Å². The highest BCUT2D eigenvalue weighted by Crippen LogP contribution is 2.44. The molecule has 84 valence electrons.